The largest absolute Gasteiger partial charge is 0.545 e. The van der Waals surface area contributed by atoms with Crippen molar-refractivity contribution in [2.24, 2.45) is 23.7 Å². The van der Waals surface area contributed by atoms with Crippen molar-refractivity contribution < 1.29 is 39.6 Å². The summed E-state index contributed by atoms with van der Waals surface area (Å²) >= 11 is 0.0709. The van der Waals surface area contributed by atoms with Gasteiger partial charge in [-0.1, -0.05) is 79.1 Å². The van der Waals surface area contributed by atoms with Crippen LogP contribution < -0.4 is 20.4 Å². The Balaban J connectivity index is -0.000000551. The van der Waals surface area contributed by atoms with E-state index in [1.165, 1.54) is 0 Å². The van der Waals surface area contributed by atoms with E-state index in [2.05, 4.69) is 41.5 Å². The van der Waals surface area contributed by atoms with Crippen LogP contribution in [0.2, 0.25) is 8.87 Å². The molecule has 2 atom stereocenters. The van der Waals surface area contributed by atoms with Crippen molar-refractivity contribution in [2.45, 2.75) is 128 Å². The monoisotopic (exact) mass is 686 g/mol. The minimum atomic E-state index is -1.48. The van der Waals surface area contributed by atoms with Crippen LogP contribution in [0.4, 0.5) is 0 Å². The first-order chi connectivity index (χ1) is 19.1. The van der Waals surface area contributed by atoms with Gasteiger partial charge in [-0.3, -0.25) is 0 Å². The van der Waals surface area contributed by atoms with E-state index in [0.29, 0.717) is 12.2 Å². The van der Waals surface area contributed by atoms with Crippen LogP contribution in [-0.2, 0) is 19.2 Å². The standard InChI is InChI=1S/2C12H20O4.2C4H9.Sn/c2*1-3-5-6-9(4-2)7-10(12(15)16)8-11(13)14;2*1-4(2)3;/h2*8-9H,3-7H2,1-2H3,(H,13,14)(H,15,16);2*4H,1H2,2-3H3;/q;;;;+4/p-4/b2*10-8-;;;. The molecule has 0 aliphatic heterocycles. The average Bonchev–Trinajstić information content (AvgIpc) is 2.87. The number of carbonyl (C=O) groups excluding carboxylic acids is 4. The maximum Gasteiger partial charge on any atom is 0.0675 e. The molecule has 41 heavy (non-hydrogen) atoms. The zero-order valence-electron chi connectivity index (χ0n) is 26.7. The minimum absolute atomic E-state index is 0.0709. The number of aliphatic carboxylic acids is 4. The Morgan fingerprint density at radius 3 is 1.12 bits per heavy atom. The summed E-state index contributed by atoms with van der Waals surface area (Å²) in [4.78, 5) is 42.0. The zero-order chi connectivity index (χ0) is 32.4. The van der Waals surface area contributed by atoms with Crippen molar-refractivity contribution in [1.82, 2.24) is 0 Å². The SMILES string of the molecule is CC(C)[CH2][Sn+4][CH2]C(C)C.CCCCC(CC)C/C(=C/C(=O)[O-])C(=O)[O-].CCCCC(CC)C/C(=C/C(=O)[O-])C(=O)[O-]. The summed E-state index contributed by atoms with van der Waals surface area (Å²) in [5.74, 6) is -3.47. The van der Waals surface area contributed by atoms with Crippen molar-refractivity contribution in [3.63, 3.8) is 0 Å². The molecule has 0 aromatic carbocycles. The molecule has 0 saturated carbocycles. The van der Waals surface area contributed by atoms with Crippen LogP contribution in [0.1, 0.15) is 120 Å². The van der Waals surface area contributed by atoms with Crippen LogP contribution in [0.25, 0.3) is 0 Å². The molecule has 0 aromatic heterocycles. The van der Waals surface area contributed by atoms with Gasteiger partial charge in [0.05, 0.1) is 23.9 Å². The van der Waals surface area contributed by atoms with Crippen molar-refractivity contribution in [1.29, 1.82) is 0 Å². The second kappa shape index (κ2) is 28.3. The van der Waals surface area contributed by atoms with Crippen LogP contribution in [0, 0.1) is 23.7 Å². The Kier molecular flexibility index (Phi) is 30.1. The maximum absolute atomic E-state index is 10.7. The molecular weight excluding hydrogens is 631 g/mol. The van der Waals surface area contributed by atoms with Gasteiger partial charge < -0.3 is 39.6 Å². The molecule has 0 aromatic rings. The third-order valence-electron chi connectivity index (χ3n) is 6.32. The Labute approximate surface area is 259 Å². The predicted molar refractivity (Wildman–Crippen MR) is 157 cm³/mol. The van der Waals surface area contributed by atoms with E-state index in [-0.39, 0.29) is 57.0 Å². The Hall–Kier alpha value is -1.84. The van der Waals surface area contributed by atoms with E-state index in [9.17, 15) is 39.6 Å². The van der Waals surface area contributed by atoms with Gasteiger partial charge in [-0.05, 0) is 48.0 Å². The molecule has 234 valence electrons. The van der Waals surface area contributed by atoms with Crippen molar-refractivity contribution in [3.05, 3.63) is 23.3 Å². The van der Waals surface area contributed by atoms with E-state index < -0.39 is 23.9 Å². The molecular formula is C32H54O8Sn. The second-order valence-electron chi connectivity index (χ2n) is 11.2. The molecule has 0 spiro atoms. The third kappa shape index (κ3) is 30.9. The molecule has 0 heterocycles. The number of rotatable bonds is 20. The van der Waals surface area contributed by atoms with Gasteiger partial charge in [0, 0.05) is 0 Å². The van der Waals surface area contributed by atoms with Gasteiger partial charge in [-0.25, -0.2) is 0 Å². The van der Waals surface area contributed by atoms with Crippen LogP contribution in [0.3, 0.4) is 0 Å². The molecule has 2 unspecified atom stereocenters. The van der Waals surface area contributed by atoms with Crippen molar-refractivity contribution in [2.75, 3.05) is 0 Å². The number of carbonyl (C=O) groups is 4. The number of hydrogen-bond acceptors (Lipinski definition) is 8. The quantitative estimate of drug-likeness (QED) is 0.140. The maximum atomic E-state index is 10.7. The van der Waals surface area contributed by atoms with E-state index in [0.717, 1.165) is 63.2 Å². The summed E-state index contributed by atoms with van der Waals surface area (Å²) in [7, 11) is 0. The summed E-state index contributed by atoms with van der Waals surface area (Å²) in [6, 6.07) is 0. The van der Waals surface area contributed by atoms with Gasteiger partial charge in [0.15, 0.2) is 0 Å². The Bertz CT molecular complexity index is 723. The topological polar surface area (TPSA) is 161 Å². The Morgan fingerprint density at radius 1 is 0.610 bits per heavy atom. The molecule has 0 aliphatic rings. The first-order valence-electron chi connectivity index (χ1n) is 15.1. The van der Waals surface area contributed by atoms with Crippen LogP contribution in [0.5, 0.6) is 0 Å². The number of hydrogen-bond donors (Lipinski definition) is 0. The molecule has 6 radical (unpaired) electrons. The smallest absolute Gasteiger partial charge is 0.0675 e. The van der Waals surface area contributed by atoms with E-state index in [1.54, 1.807) is 8.87 Å². The summed E-state index contributed by atoms with van der Waals surface area (Å²) < 4.78 is 3.14. The normalized spacial score (nSPS) is 13.0. The van der Waals surface area contributed by atoms with Gasteiger partial charge in [0.2, 0.25) is 0 Å². The molecule has 0 N–H and O–H groups in total. The first-order valence-corrected chi connectivity index (χ1v) is 19.1. The van der Waals surface area contributed by atoms with Gasteiger partial charge in [-0.15, -0.1) is 0 Å². The van der Waals surface area contributed by atoms with Crippen LogP contribution in [0.15, 0.2) is 23.3 Å². The van der Waals surface area contributed by atoms with E-state index in [1.807, 2.05) is 13.8 Å². The summed E-state index contributed by atoms with van der Waals surface area (Å²) in [6.45, 7) is 17.4. The van der Waals surface area contributed by atoms with Crippen LogP contribution >= 0.6 is 0 Å². The average molecular weight is 685 g/mol. The fraction of sp³-hybridized carbons (Fsp3) is 0.750. The second-order valence-corrected chi connectivity index (χ2v) is 15.0. The fourth-order valence-corrected chi connectivity index (χ4v) is 7.63. The molecule has 0 amide bonds. The third-order valence-corrected chi connectivity index (χ3v) is 12.6. The van der Waals surface area contributed by atoms with Gasteiger partial charge in [-0.2, -0.15) is 0 Å². The molecule has 0 fully saturated rings. The van der Waals surface area contributed by atoms with E-state index in [4.69, 9.17) is 0 Å². The summed E-state index contributed by atoms with van der Waals surface area (Å²) in [6.07, 6.45) is 9.34. The van der Waals surface area contributed by atoms with Gasteiger partial charge in [0.25, 0.3) is 0 Å². The van der Waals surface area contributed by atoms with Crippen molar-refractivity contribution >= 4 is 45.0 Å². The molecule has 0 saturated heterocycles. The van der Waals surface area contributed by atoms with Gasteiger partial charge >= 0.3 is 69.5 Å². The number of unbranched alkanes of at least 4 members (excludes halogenated alkanes) is 2. The van der Waals surface area contributed by atoms with Gasteiger partial charge in [0.1, 0.15) is 0 Å². The Morgan fingerprint density at radius 2 is 0.927 bits per heavy atom. The number of carboxylic acids is 4. The van der Waals surface area contributed by atoms with Crippen molar-refractivity contribution in [3.8, 4) is 0 Å². The number of carboxylic acid groups (broad SMARTS) is 4. The molecule has 8 nitrogen and oxygen atoms in total. The first kappa shape index (κ1) is 43.6. The zero-order valence-corrected chi connectivity index (χ0v) is 29.6. The van der Waals surface area contributed by atoms with Crippen LogP contribution in [-0.4, -0.2) is 45.0 Å². The molecule has 9 heteroatoms. The fourth-order valence-electron chi connectivity index (χ4n) is 3.86. The van der Waals surface area contributed by atoms with E-state index >= 15 is 0 Å². The predicted octanol–water partition coefficient (Wildman–Crippen LogP) is 2.88. The molecule has 0 bridgehead atoms. The summed E-state index contributed by atoms with van der Waals surface area (Å²) in [5.41, 5.74) is -0.356. The minimum Gasteiger partial charge on any atom is -0.545 e. The molecule has 0 rings (SSSR count). The molecule has 0 aliphatic carbocycles. The summed E-state index contributed by atoms with van der Waals surface area (Å²) in [5, 5.41) is 42.0.